The van der Waals surface area contributed by atoms with Crippen LogP contribution in [0.1, 0.15) is 29.0 Å². The zero-order valence-corrected chi connectivity index (χ0v) is 23.4. The van der Waals surface area contributed by atoms with E-state index in [9.17, 15) is 10.3 Å². The van der Waals surface area contributed by atoms with Gasteiger partial charge in [-0.25, -0.2) is 4.98 Å². The van der Waals surface area contributed by atoms with Crippen LogP contribution in [0.2, 0.25) is 0 Å². The summed E-state index contributed by atoms with van der Waals surface area (Å²) in [4.78, 5) is 4.84. The van der Waals surface area contributed by atoms with Gasteiger partial charge in [0.05, 0.1) is 33.3 Å². The van der Waals surface area contributed by atoms with Gasteiger partial charge in [0.2, 0.25) is 5.88 Å². The number of halogens is 1. The van der Waals surface area contributed by atoms with Crippen LogP contribution in [0.25, 0.3) is 21.7 Å². The van der Waals surface area contributed by atoms with Gasteiger partial charge < -0.3 is 19.7 Å². The molecule has 38 heavy (non-hydrogen) atoms. The van der Waals surface area contributed by atoms with Crippen LogP contribution in [0, 0.1) is 5.21 Å². The standard InChI is InChI=1S/C32H31BrN2O3/c1-35(2,37)19-18-32(36,28-15-9-13-22-10-7-8-14-26(22)28)30(23-11-5-4-6-12-23)27-21-24-20-25(33)16-17-29(24)34-31(27)38-3/h4-17,20-21,30,36H,18-19H2,1-3H3. The van der Waals surface area contributed by atoms with E-state index in [1.165, 1.54) is 0 Å². The minimum atomic E-state index is -1.45. The van der Waals surface area contributed by atoms with Crippen molar-refractivity contribution >= 4 is 37.6 Å². The third kappa shape index (κ3) is 5.18. The van der Waals surface area contributed by atoms with Gasteiger partial charge in [-0.3, -0.25) is 0 Å². The molecule has 0 radical (unpaired) electrons. The summed E-state index contributed by atoms with van der Waals surface area (Å²) >= 11 is 3.58. The number of aromatic nitrogens is 1. The van der Waals surface area contributed by atoms with Gasteiger partial charge in [-0.2, -0.15) is 0 Å². The smallest absolute Gasteiger partial charge is 0.217 e. The summed E-state index contributed by atoms with van der Waals surface area (Å²) in [6.45, 7) is 0.220. The average Bonchev–Trinajstić information content (AvgIpc) is 2.91. The summed E-state index contributed by atoms with van der Waals surface area (Å²) in [7, 11) is 4.82. The lowest BCUT2D eigenvalue weighted by Crippen LogP contribution is -2.42. The van der Waals surface area contributed by atoms with Gasteiger partial charge in [0, 0.05) is 27.8 Å². The number of quaternary nitrogens is 1. The molecule has 0 aliphatic rings. The van der Waals surface area contributed by atoms with Gasteiger partial charge in [0.25, 0.3) is 0 Å². The third-order valence-corrected chi connectivity index (χ3v) is 7.67. The van der Waals surface area contributed by atoms with Crippen LogP contribution >= 0.6 is 15.9 Å². The summed E-state index contributed by atoms with van der Waals surface area (Å²) < 4.78 is 6.27. The molecule has 1 aromatic heterocycles. The first-order valence-corrected chi connectivity index (χ1v) is 13.4. The number of rotatable bonds is 8. The molecule has 0 aliphatic heterocycles. The molecule has 2 atom stereocenters. The fraction of sp³-hybridized carbons (Fsp3) is 0.219. The molecule has 0 bridgehead atoms. The number of hydroxylamine groups is 3. The maximum absolute atomic E-state index is 13.0. The van der Waals surface area contributed by atoms with E-state index in [-0.39, 0.29) is 13.0 Å². The summed E-state index contributed by atoms with van der Waals surface area (Å²) in [5.41, 5.74) is 1.79. The Hall–Kier alpha value is -3.29. The zero-order chi connectivity index (χ0) is 26.9. The maximum Gasteiger partial charge on any atom is 0.217 e. The van der Waals surface area contributed by atoms with Gasteiger partial charge >= 0.3 is 0 Å². The van der Waals surface area contributed by atoms with Gasteiger partial charge in [0.15, 0.2) is 0 Å². The van der Waals surface area contributed by atoms with Crippen molar-refractivity contribution in [1.29, 1.82) is 0 Å². The Morgan fingerprint density at radius 2 is 1.63 bits per heavy atom. The van der Waals surface area contributed by atoms with Gasteiger partial charge in [-0.15, -0.1) is 0 Å². The number of hydrogen-bond acceptors (Lipinski definition) is 4. The van der Waals surface area contributed by atoms with Crippen molar-refractivity contribution in [3.05, 3.63) is 123 Å². The number of fused-ring (bicyclic) bond motifs is 2. The summed E-state index contributed by atoms with van der Waals surface area (Å²) in [6, 6.07) is 31.9. The maximum atomic E-state index is 13.0. The van der Waals surface area contributed by atoms with E-state index in [0.29, 0.717) is 5.88 Å². The Labute approximate surface area is 231 Å². The van der Waals surface area contributed by atoms with Crippen LogP contribution in [0.5, 0.6) is 5.88 Å². The highest BCUT2D eigenvalue weighted by molar-refractivity contribution is 9.10. The Balaban J connectivity index is 1.84. The summed E-state index contributed by atoms with van der Waals surface area (Å²) in [5.74, 6) is -0.116. The second kappa shape index (κ2) is 10.5. The van der Waals surface area contributed by atoms with Crippen LogP contribution in [-0.2, 0) is 5.60 Å². The van der Waals surface area contributed by atoms with E-state index in [2.05, 4.69) is 22.0 Å². The van der Waals surface area contributed by atoms with Crippen molar-refractivity contribution in [2.75, 3.05) is 27.7 Å². The molecule has 5 aromatic rings. The first-order chi connectivity index (χ1) is 18.2. The number of ether oxygens (including phenoxy) is 1. The molecule has 4 aromatic carbocycles. The van der Waals surface area contributed by atoms with Crippen LogP contribution in [0.3, 0.4) is 0 Å². The highest BCUT2D eigenvalue weighted by Crippen LogP contribution is 2.49. The van der Waals surface area contributed by atoms with Crippen molar-refractivity contribution in [1.82, 2.24) is 4.98 Å². The van der Waals surface area contributed by atoms with Gasteiger partial charge in [0.1, 0.15) is 5.60 Å². The van der Waals surface area contributed by atoms with Crippen LogP contribution < -0.4 is 4.74 Å². The minimum absolute atomic E-state index is 0.220. The first kappa shape index (κ1) is 26.3. The molecular weight excluding hydrogens is 540 g/mol. The van der Waals surface area contributed by atoms with E-state index < -0.39 is 16.2 Å². The lowest BCUT2D eigenvalue weighted by molar-refractivity contribution is -0.841. The van der Waals surface area contributed by atoms with Crippen molar-refractivity contribution in [2.45, 2.75) is 17.9 Å². The number of hydrogen-bond donors (Lipinski definition) is 1. The quantitative estimate of drug-likeness (QED) is 0.159. The SMILES string of the molecule is COc1nc2ccc(Br)cc2cc1C(c1ccccc1)C(O)(CC[N+](C)(C)[O-])c1cccc2ccccc12. The Kier molecular flexibility index (Phi) is 7.25. The molecule has 0 fully saturated rings. The first-order valence-electron chi connectivity index (χ1n) is 12.6. The summed E-state index contributed by atoms with van der Waals surface area (Å²) in [5, 5.41) is 28.8. The Bertz CT molecular complexity index is 1580. The number of methoxy groups -OCH3 is 1. The lowest BCUT2D eigenvalue weighted by atomic mass is 9.70. The fourth-order valence-electron chi connectivity index (χ4n) is 5.35. The van der Waals surface area contributed by atoms with E-state index in [4.69, 9.17) is 9.72 Å². The molecule has 0 aliphatic carbocycles. The third-order valence-electron chi connectivity index (χ3n) is 7.17. The summed E-state index contributed by atoms with van der Waals surface area (Å²) in [6.07, 6.45) is 0.233. The van der Waals surface area contributed by atoms with E-state index in [0.717, 1.165) is 42.8 Å². The average molecular weight is 572 g/mol. The van der Waals surface area contributed by atoms with Crippen molar-refractivity contribution in [2.24, 2.45) is 0 Å². The van der Waals surface area contributed by atoms with Crippen molar-refractivity contribution in [3.63, 3.8) is 0 Å². The number of nitrogens with zero attached hydrogens (tertiary/aromatic N) is 2. The molecule has 1 N–H and O–H groups in total. The topological polar surface area (TPSA) is 65.4 Å². The molecule has 0 amide bonds. The molecule has 194 valence electrons. The molecule has 5 nitrogen and oxygen atoms in total. The second-order valence-corrected chi connectivity index (χ2v) is 11.2. The van der Waals surface area contributed by atoms with E-state index >= 15 is 0 Å². The molecule has 5 rings (SSSR count). The Morgan fingerprint density at radius 3 is 2.37 bits per heavy atom. The predicted octanol–water partition coefficient (Wildman–Crippen LogP) is 7.14. The van der Waals surface area contributed by atoms with Crippen LogP contribution in [-0.4, -0.2) is 42.5 Å². The highest BCUT2D eigenvalue weighted by Gasteiger charge is 2.44. The second-order valence-electron chi connectivity index (χ2n) is 10.3. The number of pyridine rings is 1. The van der Waals surface area contributed by atoms with Crippen molar-refractivity contribution in [3.8, 4) is 5.88 Å². The number of aliphatic hydroxyl groups is 1. The van der Waals surface area contributed by atoms with Gasteiger partial charge in [-0.1, -0.05) is 88.7 Å². The van der Waals surface area contributed by atoms with E-state index in [1.54, 1.807) is 21.2 Å². The zero-order valence-electron chi connectivity index (χ0n) is 21.8. The fourth-order valence-corrected chi connectivity index (χ4v) is 5.73. The molecule has 0 saturated heterocycles. The monoisotopic (exact) mass is 570 g/mol. The lowest BCUT2D eigenvalue weighted by Gasteiger charge is -2.42. The molecule has 1 heterocycles. The normalized spacial score (nSPS) is 14.4. The van der Waals surface area contributed by atoms with E-state index in [1.807, 2.05) is 91.0 Å². The van der Waals surface area contributed by atoms with Gasteiger partial charge in [-0.05, 0) is 46.2 Å². The van der Waals surface area contributed by atoms with Crippen LogP contribution in [0.15, 0.2) is 102 Å². The van der Waals surface area contributed by atoms with Crippen molar-refractivity contribution < 1.29 is 14.5 Å². The largest absolute Gasteiger partial charge is 0.633 e. The molecule has 2 unspecified atom stereocenters. The molecular formula is C32H31BrN2O3. The Morgan fingerprint density at radius 1 is 0.921 bits per heavy atom. The predicted molar refractivity (Wildman–Crippen MR) is 157 cm³/mol. The molecule has 6 heteroatoms. The number of benzene rings is 4. The molecule has 0 spiro atoms. The minimum Gasteiger partial charge on any atom is -0.633 e. The highest BCUT2D eigenvalue weighted by atomic mass is 79.9. The molecule has 0 saturated carbocycles. The van der Waals surface area contributed by atoms with Crippen LogP contribution in [0.4, 0.5) is 0 Å².